The number of amides is 1. The molecule has 152 valence electrons. The third kappa shape index (κ3) is 5.68. The van der Waals surface area contributed by atoms with Gasteiger partial charge in [0.05, 0.1) is 7.11 Å². The second kappa shape index (κ2) is 9.54. The highest BCUT2D eigenvalue weighted by molar-refractivity contribution is 5.79. The minimum atomic E-state index is -0.361. The summed E-state index contributed by atoms with van der Waals surface area (Å²) in [6.45, 7) is 4.65. The zero-order valence-corrected chi connectivity index (χ0v) is 16.7. The highest BCUT2D eigenvalue weighted by Crippen LogP contribution is 2.19. The summed E-state index contributed by atoms with van der Waals surface area (Å²) in [5.41, 5.74) is 1.73. The fraction of sp³-hybridized carbons (Fsp3) is 0.300. The van der Waals surface area contributed by atoms with E-state index in [1.54, 1.807) is 37.2 Å². The number of rotatable bonds is 9. The van der Waals surface area contributed by atoms with Gasteiger partial charge in [0, 0.05) is 42.9 Å². The highest BCUT2D eigenvalue weighted by atomic mass is 16.5. The van der Waals surface area contributed by atoms with Crippen LogP contribution in [-0.4, -0.2) is 45.9 Å². The molecule has 29 heavy (non-hydrogen) atoms. The van der Waals surface area contributed by atoms with Gasteiger partial charge in [-0.05, 0) is 44.2 Å². The number of ether oxygens (including phenoxy) is 1. The van der Waals surface area contributed by atoms with E-state index in [0.29, 0.717) is 24.9 Å². The molecule has 0 saturated carbocycles. The Kier molecular flexibility index (Phi) is 6.62. The average molecular weight is 395 g/mol. The smallest absolute Gasteiger partial charge is 0.244 e. The first kappa shape index (κ1) is 20.1. The first-order valence-corrected chi connectivity index (χ1v) is 9.32. The Hall–Kier alpha value is -3.62. The number of carbonyl (C=O) groups excluding carboxylic acids is 1. The van der Waals surface area contributed by atoms with E-state index in [0.717, 1.165) is 17.1 Å². The lowest BCUT2D eigenvalue weighted by atomic mass is 10.3. The molecule has 3 aromatic rings. The Labute approximate surface area is 169 Å². The van der Waals surface area contributed by atoms with Crippen LogP contribution in [0.15, 0.2) is 48.8 Å². The molecule has 0 bridgehead atoms. The van der Waals surface area contributed by atoms with E-state index in [1.165, 1.54) is 0 Å². The van der Waals surface area contributed by atoms with Crippen molar-refractivity contribution in [3.05, 3.63) is 54.5 Å². The van der Waals surface area contributed by atoms with E-state index in [4.69, 9.17) is 4.74 Å². The zero-order valence-electron chi connectivity index (χ0n) is 16.7. The van der Waals surface area contributed by atoms with Gasteiger partial charge < -0.3 is 20.7 Å². The Morgan fingerprint density at radius 2 is 2.00 bits per heavy atom. The number of carbonyl (C=O) groups is 1. The summed E-state index contributed by atoms with van der Waals surface area (Å²) < 4.78 is 6.78. The maximum absolute atomic E-state index is 12.2. The van der Waals surface area contributed by atoms with Gasteiger partial charge in [-0.2, -0.15) is 10.1 Å². The van der Waals surface area contributed by atoms with Gasteiger partial charge in [-0.3, -0.25) is 9.48 Å². The normalized spacial score (nSPS) is 11.6. The van der Waals surface area contributed by atoms with Crippen LogP contribution < -0.4 is 20.7 Å². The molecule has 1 unspecified atom stereocenters. The van der Waals surface area contributed by atoms with Crippen molar-refractivity contribution >= 4 is 23.4 Å². The molecular formula is C20H25N7O2. The van der Waals surface area contributed by atoms with Crippen molar-refractivity contribution in [1.82, 2.24) is 25.1 Å². The highest BCUT2D eigenvalue weighted by Gasteiger charge is 2.13. The van der Waals surface area contributed by atoms with E-state index >= 15 is 0 Å². The topological polar surface area (TPSA) is 106 Å². The van der Waals surface area contributed by atoms with Crippen molar-refractivity contribution in [3.8, 4) is 5.75 Å². The van der Waals surface area contributed by atoms with Crippen LogP contribution >= 0.6 is 0 Å². The number of methoxy groups -OCH3 is 1. The number of anilines is 3. The molecule has 0 saturated heterocycles. The second-order valence-electron chi connectivity index (χ2n) is 6.45. The summed E-state index contributed by atoms with van der Waals surface area (Å²) in [5.74, 6) is 1.88. The summed E-state index contributed by atoms with van der Waals surface area (Å²) in [6.07, 6.45) is 3.42. The van der Waals surface area contributed by atoms with Crippen LogP contribution in [0.1, 0.15) is 18.7 Å². The van der Waals surface area contributed by atoms with Crippen LogP contribution in [0.2, 0.25) is 0 Å². The number of aryl methyl sites for hydroxylation is 1. The Balaban J connectivity index is 1.51. The molecule has 1 aromatic carbocycles. The summed E-state index contributed by atoms with van der Waals surface area (Å²) in [7, 11) is 1.63. The van der Waals surface area contributed by atoms with Crippen molar-refractivity contribution in [2.45, 2.75) is 19.9 Å². The average Bonchev–Trinajstić information content (AvgIpc) is 3.25. The predicted octanol–water partition coefficient (Wildman–Crippen LogP) is 2.52. The lowest BCUT2D eigenvalue weighted by Gasteiger charge is -2.13. The summed E-state index contributed by atoms with van der Waals surface area (Å²) in [5, 5.41) is 13.3. The van der Waals surface area contributed by atoms with Gasteiger partial charge in [0.2, 0.25) is 11.9 Å². The molecule has 0 aliphatic heterocycles. The third-order valence-electron chi connectivity index (χ3n) is 4.23. The molecule has 3 N–H and O–H groups in total. The fourth-order valence-electron chi connectivity index (χ4n) is 2.67. The maximum Gasteiger partial charge on any atom is 0.244 e. The molecule has 0 radical (unpaired) electrons. The SMILES string of the molecule is COc1ccc(Nc2cc(C)nc(NCCNC(=O)C(C)n3cccn3)n2)cc1. The first-order chi connectivity index (χ1) is 14.0. The number of hydrogen-bond donors (Lipinski definition) is 3. The number of aromatic nitrogens is 4. The van der Waals surface area contributed by atoms with Crippen molar-refractivity contribution in [2.24, 2.45) is 0 Å². The quantitative estimate of drug-likeness (QED) is 0.478. The molecule has 9 nitrogen and oxygen atoms in total. The van der Waals surface area contributed by atoms with Gasteiger partial charge in [-0.25, -0.2) is 4.98 Å². The van der Waals surface area contributed by atoms with Crippen LogP contribution in [0.3, 0.4) is 0 Å². The second-order valence-corrected chi connectivity index (χ2v) is 6.45. The van der Waals surface area contributed by atoms with E-state index in [9.17, 15) is 4.79 Å². The van der Waals surface area contributed by atoms with Crippen LogP contribution in [0, 0.1) is 6.92 Å². The molecule has 9 heteroatoms. The van der Waals surface area contributed by atoms with Crippen molar-refractivity contribution in [2.75, 3.05) is 30.8 Å². The van der Waals surface area contributed by atoms with Gasteiger partial charge in [0.25, 0.3) is 0 Å². The summed E-state index contributed by atoms with van der Waals surface area (Å²) in [4.78, 5) is 21.0. The summed E-state index contributed by atoms with van der Waals surface area (Å²) in [6, 6.07) is 10.9. The van der Waals surface area contributed by atoms with Gasteiger partial charge in [-0.1, -0.05) is 0 Å². The number of hydrogen-bond acceptors (Lipinski definition) is 7. The van der Waals surface area contributed by atoms with Crippen LogP contribution in [0.4, 0.5) is 17.5 Å². The monoisotopic (exact) mass is 395 g/mol. The molecule has 3 rings (SSSR count). The molecule has 0 fully saturated rings. The number of nitrogens with one attached hydrogen (secondary N) is 3. The van der Waals surface area contributed by atoms with Gasteiger partial charge >= 0.3 is 0 Å². The van der Waals surface area contributed by atoms with E-state index in [2.05, 4.69) is 31.0 Å². The van der Waals surface area contributed by atoms with Gasteiger partial charge in [-0.15, -0.1) is 0 Å². The largest absolute Gasteiger partial charge is 0.497 e. The van der Waals surface area contributed by atoms with E-state index in [1.807, 2.05) is 37.3 Å². The number of nitrogens with zero attached hydrogens (tertiary/aromatic N) is 4. The van der Waals surface area contributed by atoms with Crippen molar-refractivity contribution in [3.63, 3.8) is 0 Å². The van der Waals surface area contributed by atoms with E-state index in [-0.39, 0.29) is 11.9 Å². The van der Waals surface area contributed by atoms with E-state index < -0.39 is 0 Å². The maximum atomic E-state index is 12.2. The lowest BCUT2D eigenvalue weighted by molar-refractivity contribution is -0.124. The predicted molar refractivity (Wildman–Crippen MR) is 111 cm³/mol. The van der Waals surface area contributed by atoms with Crippen LogP contribution in [0.25, 0.3) is 0 Å². The molecule has 1 atom stereocenters. The van der Waals surface area contributed by atoms with Gasteiger partial charge in [0.1, 0.15) is 17.6 Å². The lowest BCUT2D eigenvalue weighted by Crippen LogP contribution is -2.34. The molecule has 0 spiro atoms. The Bertz CT molecular complexity index is 927. The van der Waals surface area contributed by atoms with Crippen molar-refractivity contribution in [1.29, 1.82) is 0 Å². The van der Waals surface area contributed by atoms with Crippen LogP contribution in [-0.2, 0) is 4.79 Å². The number of benzene rings is 1. The Morgan fingerprint density at radius 3 is 2.69 bits per heavy atom. The zero-order chi connectivity index (χ0) is 20.6. The summed E-state index contributed by atoms with van der Waals surface area (Å²) >= 11 is 0. The van der Waals surface area contributed by atoms with Gasteiger partial charge in [0.15, 0.2) is 0 Å². The molecule has 2 aromatic heterocycles. The standard InChI is InChI=1S/C20H25N7O2/c1-14-13-18(25-16-5-7-17(29-3)8-6-16)26-20(24-14)22-11-10-21-19(28)15(2)27-12-4-9-23-27/h4-9,12-13,15H,10-11H2,1-3H3,(H,21,28)(H2,22,24,25,26). The first-order valence-electron chi connectivity index (χ1n) is 9.32. The molecule has 0 aliphatic carbocycles. The Morgan fingerprint density at radius 1 is 1.21 bits per heavy atom. The van der Waals surface area contributed by atoms with Crippen molar-refractivity contribution < 1.29 is 9.53 Å². The minimum absolute atomic E-state index is 0.0949. The molecule has 1 amide bonds. The molecule has 2 heterocycles. The third-order valence-corrected chi connectivity index (χ3v) is 4.23. The fourth-order valence-corrected chi connectivity index (χ4v) is 2.67. The minimum Gasteiger partial charge on any atom is -0.497 e. The molecular weight excluding hydrogens is 370 g/mol. The van der Waals surface area contributed by atoms with Crippen LogP contribution in [0.5, 0.6) is 5.75 Å². The molecule has 0 aliphatic rings.